The van der Waals surface area contributed by atoms with Crippen LogP contribution in [0.1, 0.15) is 44.2 Å². The minimum absolute atomic E-state index is 0.0346. The van der Waals surface area contributed by atoms with Gasteiger partial charge < -0.3 is 4.90 Å². The Balaban J connectivity index is 1.82. The van der Waals surface area contributed by atoms with Gasteiger partial charge in [0, 0.05) is 12.1 Å². The van der Waals surface area contributed by atoms with E-state index in [1.165, 1.54) is 22.3 Å². The predicted octanol–water partition coefficient (Wildman–Crippen LogP) is 5.09. The van der Waals surface area contributed by atoms with E-state index in [0.717, 1.165) is 24.1 Å². The van der Waals surface area contributed by atoms with E-state index in [1.54, 1.807) is 0 Å². The third-order valence-corrected chi connectivity index (χ3v) is 5.31. The molecule has 0 saturated heterocycles. The number of carbonyl (C=O) groups is 1. The molecular formula is C24H23NO. The lowest BCUT2D eigenvalue weighted by atomic mass is 9.87. The van der Waals surface area contributed by atoms with Crippen LogP contribution in [0.25, 0.3) is 0 Å². The number of amides is 1. The third-order valence-electron chi connectivity index (χ3n) is 5.31. The lowest BCUT2D eigenvalue weighted by molar-refractivity contribution is 0.0694. The molecule has 0 aromatic heterocycles. The minimum atomic E-state index is -0.0346. The minimum Gasteiger partial charge on any atom is -0.327 e. The van der Waals surface area contributed by atoms with Crippen molar-refractivity contribution in [2.75, 3.05) is 6.54 Å². The highest BCUT2D eigenvalue weighted by Crippen LogP contribution is 2.36. The maximum atomic E-state index is 13.4. The third kappa shape index (κ3) is 2.92. The summed E-state index contributed by atoms with van der Waals surface area (Å²) in [7, 11) is 0. The van der Waals surface area contributed by atoms with Gasteiger partial charge >= 0.3 is 0 Å². The second-order valence-electron chi connectivity index (χ2n) is 7.08. The molecule has 0 bridgehead atoms. The summed E-state index contributed by atoms with van der Waals surface area (Å²) in [6.07, 6.45) is 0.899. The van der Waals surface area contributed by atoms with Crippen LogP contribution in [0.2, 0.25) is 0 Å². The Kier molecular flexibility index (Phi) is 4.34. The van der Waals surface area contributed by atoms with E-state index < -0.39 is 0 Å². The van der Waals surface area contributed by atoms with Crippen molar-refractivity contribution in [1.82, 2.24) is 4.90 Å². The summed E-state index contributed by atoms with van der Waals surface area (Å²) in [5, 5.41) is 0. The van der Waals surface area contributed by atoms with Crippen LogP contribution in [-0.4, -0.2) is 17.4 Å². The number of rotatable bonds is 2. The first kappa shape index (κ1) is 16.6. The molecular weight excluding hydrogens is 318 g/mol. The van der Waals surface area contributed by atoms with Gasteiger partial charge in [-0.1, -0.05) is 72.3 Å². The van der Waals surface area contributed by atoms with Gasteiger partial charge in [0.25, 0.3) is 5.91 Å². The summed E-state index contributed by atoms with van der Waals surface area (Å²) < 4.78 is 0. The molecule has 2 heteroatoms. The van der Waals surface area contributed by atoms with Gasteiger partial charge in [-0.2, -0.15) is 0 Å². The van der Waals surface area contributed by atoms with Crippen molar-refractivity contribution in [2.24, 2.45) is 0 Å². The quantitative estimate of drug-likeness (QED) is 0.636. The zero-order valence-corrected chi connectivity index (χ0v) is 15.3. The second-order valence-corrected chi connectivity index (χ2v) is 7.08. The van der Waals surface area contributed by atoms with Crippen LogP contribution in [0.4, 0.5) is 0 Å². The smallest absolute Gasteiger partial charge is 0.254 e. The van der Waals surface area contributed by atoms with Crippen molar-refractivity contribution in [3.8, 4) is 0 Å². The Morgan fingerprint density at radius 2 is 1.58 bits per heavy atom. The average Bonchev–Trinajstić information content (AvgIpc) is 2.68. The first-order valence-electron chi connectivity index (χ1n) is 9.16. The zero-order valence-electron chi connectivity index (χ0n) is 15.3. The van der Waals surface area contributed by atoms with Crippen LogP contribution in [0.5, 0.6) is 0 Å². The van der Waals surface area contributed by atoms with Gasteiger partial charge in [-0.25, -0.2) is 0 Å². The Morgan fingerprint density at radius 1 is 0.885 bits per heavy atom. The summed E-state index contributed by atoms with van der Waals surface area (Å²) in [4.78, 5) is 15.4. The molecule has 2 nitrogen and oxygen atoms in total. The Bertz CT molecular complexity index is 942. The van der Waals surface area contributed by atoms with E-state index in [4.69, 9.17) is 0 Å². The molecule has 0 saturated carbocycles. The maximum absolute atomic E-state index is 13.4. The molecule has 0 aliphatic carbocycles. The first-order valence-corrected chi connectivity index (χ1v) is 9.16. The fourth-order valence-electron chi connectivity index (χ4n) is 3.86. The van der Waals surface area contributed by atoms with Gasteiger partial charge in [0.2, 0.25) is 0 Å². The van der Waals surface area contributed by atoms with Crippen LogP contribution in [-0.2, 0) is 6.42 Å². The number of carbonyl (C=O) groups excluding carboxylic acids is 1. The van der Waals surface area contributed by atoms with Gasteiger partial charge in [0.15, 0.2) is 0 Å². The Labute approximate surface area is 155 Å². The van der Waals surface area contributed by atoms with Crippen LogP contribution in [0.15, 0.2) is 72.8 Å². The fraction of sp³-hybridized carbons (Fsp3) is 0.208. The second kappa shape index (κ2) is 6.80. The number of nitrogens with zero attached hydrogens (tertiary/aromatic N) is 1. The fourth-order valence-corrected chi connectivity index (χ4v) is 3.86. The molecule has 0 fully saturated rings. The van der Waals surface area contributed by atoms with Crippen LogP contribution < -0.4 is 0 Å². The molecule has 0 spiro atoms. The molecule has 1 atom stereocenters. The topological polar surface area (TPSA) is 20.3 Å². The lowest BCUT2D eigenvalue weighted by Crippen LogP contribution is -2.40. The molecule has 0 unspecified atom stereocenters. The predicted molar refractivity (Wildman–Crippen MR) is 105 cm³/mol. The van der Waals surface area contributed by atoms with Gasteiger partial charge in [-0.3, -0.25) is 4.79 Å². The van der Waals surface area contributed by atoms with Crippen molar-refractivity contribution in [3.05, 3.63) is 106 Å². The van der Waals surface area contributed by atoms with Crippen LogP contribution in [0.3, 0.4) is 0 Å². The van der Waals surface area contributed by atoms with Crippen LogP contribution >= 0.6 is 0 Å². The summed E-state index contributed by atoms with van der Waals surface area (Å²) >= 11 is 0. The molecule has 1 aliphatic rings. The molecule has 4 rings (SSSR count). The number of benzene rings is 3. The van der Waals surface area contributed by atoms with E-state index >= 15 is 0 Å². The number of hydrogen-bond donors (Lipinski definition) is 0. The molecule has 3 aromatic carbocycles. The first-order chi connectivity index (χ1) is 12.6. The van der Waals surface area contributed by atoms with Crippen molar-refractivity contribution < 1.29 is 4.79 Å². The molecule has 3 aromatic rings. The molecule has 130 valence electrons. The Hall–Kier alpha value is -2.87. The normalized spacial score (nSPS) is 16.2. The zero-order chi connectivity index (χ0) is 18.1. The van der Waals surface area contributed by atoms with Gasteiger partial charge in [-0.05, 0) is 48.6 Å². The summed E-state index contributed by atoms with van der Waals surface area (Å²) in [5.74, 6) is 0.114. The van der Waals surface area contributed by atoms with E-state index in [-0.39, 0.29) is 11.9 Å². The highest BCUT2D eigenvalue weighted by molar-refractivity contribution is 5.96. The van der Waals surface area contributed by atoms with E-state index in [2.05, 4.69) is 55.5 Å². The summed E-state index contributed by atoms with van der Waals surface area (Å²) in [5.41, 5.74) is 6.80. The number of hydrogen-bond acceptors (Lipinski definition) is 1. The highest BCUT2D eigenvalue weighted by atomic mass is 16.2. The molecule has 26 heavy (non-hydrogen) atoms. The van der Waals surface area contributed by atoms with Crippen molar-refractivity contribution >= 4 is 5.91 Å². The molecule has 1 aliphatic heterocycles. The van der Waals surface area contributed by atoms with Gasteiger partial charge in [-0.15, -0.1) is 0 Å². The molecule has 1 heterocycles. The van der Waals surface area contributed by atoms with E-state index in [0.29, 0.717) is 0 Å². The standard InChI is InChI=1S/C24H23NO/c1-17-11-13-20(14-12-17)23-22-10-6-4-8-19(22)15-16-25(23)24(26)21-9-5-3-7-18(21)2/h3-14,23H,15-16H2,1-2H3/t23-/m1/s1. The summed E-state index contributed by atoms with van der Waals surface area (Å²) in [6, 6.07) is 24.9. The van der Waals surface area contributed by atoms with Crippen LogP contribution in [0, 0.1) is 13.8 Å². The average molecular weight is 341 g/mol. The van der Waals surface area contributed by atoms with Gasteiger partial charge in [0.1, 0.15) is 0 Å². The maximum Gasteiger partial charge on any atom is 0.254 e. The summed E-state index contributed by atoms with van der Waals surface area (Å²) in [6.45, 7) is 4.84. The largest absolute Gasteiger partial charge is 0.327 e. The van der Waals surface area contributed by atoms with Crippen molar-refractivity contribution in [1.29, 1.82) is 0 Å². The number of fused-ring (bicyclic) bond motifs is 1. The Morgan fingerprint density at radius 3 is 2.35 bits per heavy atom. The highest BCUT2D eigenvalue weighted by Gasteiger charge is 2.32. The van der Waals surface area contributed by atoms with Crippen molar-refractivity contribution in [2.45, 2.75) is 26.3 Å². The molecule has 1 amide bonds. The van der Waals surface area contributed by atoms with E-state index in [9.17, 15) is 4.79 Å². The number of aryl methyl sites for hydroxylation is 2. The lowest BCUT2D eigenvalue weighted by Gasteiger charge is -2.38. The van der Waals surface area contributed by atoms with Gasteiger partial charge in [0.05, 0.1) is 6.04 Å². The van der Waals surface area contributed by atoms with Crippen molar-refractivity contribution in [3.63, 3.8) is 0 Å². The monoisotopic (exact) mass is 341 g/mol. The molecule has 0 N–H and O–H groups in total. The SMILES string of the molecule is Cc1ccc([C@@H]2c3ccccc3CCN2C(=O)c2ccccc2C)cc1. The van der Waals surface area contributed by atoms with E-state index in [1.807, 2.05) is 36.1 Å². The molecule has 0 radical (unpaired) electrons.